The summed E-state index contributed by atoms with van der Waals surface area (Å²) in [5.41, 5.74) is 0. The molecule has 1 aromatic rings. The first kappa shape index (κ1) is 14.0. The normalized spacial score (nSPS) is 27.4. The SMILES string of the molecule is CC1CC(C(=O)O)C(C(=O)c2cc(Cl)c(Br)s2)C1. The number of halogens is 2. The quantitative estimate of drug-likeness (QED) is 0.834. The molecule has 1 saturated carbocycles. The van der Waals surface area contributed by atoms with Gasteiger partial charge in [-0.1, -0.05) is 18.5 Å². The Balaban J connectivity index is 2.25. The van der Waals surface area contributed by atoms with E-state index in [1.807, 2.05) is 6.92 Å². The summed E-state index contributed by atoms with van der Waals surface area (Å²) in [4.78, 5) is 24.1. The van der Waals surface area contributed by atoms with Crippen molar-refractivity contribution in [3.8, 4) is 0 Å². The Morgan fingerprint density at radius 2 is 2.06 bits per heavy atom. The molecule has 1 aliphatic carbocycles. The Kier molecular flexibility index (Phi) is 4.14. The van der Waals surface area contributed by atoms with Crippen molar-refractivity contribution >= 4 is 50.6 Å². The number of carbonyl (C=O) groups excluding carboxylic acids is 1. The summed E-state index contributed by atoms with van der Waals surface area (Å²) < 4.78 is 0.713. The number of hydrogen-bond acceptors (Lipinski definition) is 3. The zero-order valence-corrected chi connectivity index (χ0v) is 12.8. The Labute approximate surface area is 122 Å². The van der Waals surface area contributed by atoms with Gasteiger partial charge in [-0.2, -0.15) is 0 Å². The van der Waals surface area contributed by atoms with Crippen LogP contribution in [0.5, 0.6) is 0 Å². The number of rotatable bonds is 3. The maximum atomic E-state index is 12.3. The molecule has 0 bridgehead atoms. The molecule has 1 N–H and O–H groups in total. The maximum Gasteiger partial charge on any atom is 0.307 e. The summed E-state index contributed by atoms with van der Waals surface area (Å²) in [5.74, 6) is -1.67. The zero-order chi connectivity index (χ0) is 13.4. The van der Waals surface area contributed by atoms with Gasteiger partial charge >= 0.3 is 5.97 Å². The zero-order valence-electron chi connectivity index (χ0n) is 9.65. The van der Waals surface area contributed by atoms with Gasteiger partial charge in [-0.15, -0.1) is 11.3 Å². The van der Waals surface area contributed by atoms with Gasteiger partial charge in [0.15, 0.2) is 5.78 Å². The molecule has 6 heteroatoms. The van der Waals surface area contributed by atoms with Crippen molar-refractivity contribution in [1.82, 2.24) is 0 Å². The van der Waals surface area contributed by atoms with E-state index in [1.54, 1.807) is 6.07 Å². The molecule has 0 aliphatic heterocycles. The van der Waals surface area contributed by atoms with Gasteiger partial charge in [-0.3, -0.25) is 9.59 Å². The van der Waals surface area contributed by atoms with Crippen LogP contribution >= 0.6 is 38.9 Å². The second-order valence-corrected chi connectivity index (χ2v) is 7.50. The van der Waals surface area contributed by atoms with E-state index in [-0.39, 0.29) is 11.7 Å². The van der Waals surface area contributed by atoms with Crippen LogP contribution in [0.2, 0.25) is 5.02 Å². The standard InChI is InChI=1S/C12H12BrClO3S/c1-5-2-6(7(3-5)12(16)17)10(15)9-4-8(14)11(13)18-9/h4-7H,2-3H2,1H3,(H,16,17). The van der Waals surface area contributed by atoms with E-state index in [1.165, 1.54) is 11.3 Å². The average Bonchev–Trinajstić information content (AvgIpc) is 2.82. The lowest BCUT2D eigenvalue weighted by Crippen LogP contribution is -2.24. The van der Waals surface area contributed by atoms with Crippen molar-refractivity contribution in [2.75, 3.05) is 0 Å². The van der Waals surface area contributed by atoms with Crippen molar-refractivity contribution in [3.05, 3.63) is 19.8 Å². The van der Waals surface area contributed by atoms with E-state index in [0.29, 0.717) is 26.5 Å². The molecule has 2 rings (SSSR count). The van der Waals surface area contributed by atoms with Crippen LogP contribution in [0.15, 0.2) is 9.85 Å². The number of thiophene rings is 1. The van der Waals surface area contributed by atoms with E-state index < -0.39 is 17.8 Å². The van der Waals surface area contributed by atoms with Gasteiger partial charge in [-0.05, 0) is 40.8 Å². The Bertz CT molecular complexity index is 480. The molecular weight excluding hydrogens is 340 g/mol. The highest BCUT2D eigenvalue weighted by atomic mass is 79.9. The van der Waals surface area contributed by atoms with Crippen molar-refractivity contribution in [2.45, 2.75) is 19.8 Å². The first-order valence-corrected chi connectivity index (χ1v) is 7.60. The first-order valence-electron chi connectivity index (χ1n) is 5.62. The molecule has 1 aromatic heterocycles. The molecule has 0 aromatic carbocycles. The number of carboxylic acid groups (broad SMARTS) is 1. The van der Waals surface area contributed by atoms with Gasteiger partial charge in [-0.25, -0.2) is 0 Å². The smallest absolute Gasteiger partial charge is 0.307 e. The number of carbonyl (C=O) groups is 2. The van der Waals surface area contributed by atoms with Crippen LogP contribution in [0.1, 0.15) is 29.4 Å². The van der Waals surface area contributed by atoms with Gasteiger partial charge in [0.05, 0.1) is 19.6 Å². The summed E-state index contributed by atoms with van der Waals surface area (Å²) in [6.07, 6.45) is 1.22. The molecule has 18 heavy (non-hydrogen) atoms. The number of hydrogen-bond donors (Lipinski definition) is 1. The third-order valence-electron chi connectivity index (χ3n) is 3.34. The number of ketones is 1. The minimum Gasteiger partial charge on any atom is -0.481 e. The van der Waals surface area contributed by atoms with Crippen LogP contribution < -0.4 is 0 Å². The molecule has 3 nitrogen and oxygen atoms in total. The highest BCUT2D eigenvalue weighted by molar-refractivity contribution is 9.11. The monoisotopic (exact) mass is 350 g/mol. The van der Waals surface area contributed by atoms with Crippen LogP contribution in [-0.2, 0) is 4.79 Å². The number of aliphatic carboxylic acids is 1. The van der Waals surface area contributed by atoms with E-state index in [0.717, 1.165) is 0 Å². The summed E-state index contributed by atoms with van der Waals surface area (Å²) in [7, 11) is 0. The molecule has 3 unspecified atom stereocenters. The third-order valence-corrected chi connectivity index (χ3v) is 5.83. The Hall–Kier alpha value is -0.390. The highest BCUT2D eigenvalue weighted by Crippen LogP contribution is 2.41. The second kappa shape index (κ2) is 5.31. The maximum absolute atomic E-state index is 12.3. The fourth-order valence-electron chi connectivity index (χ4n) is 2.51. The molecule has 0 amide bonds. The molecule has 1 aliphatic rings. The predicted octanol–water partition coefficient (Wildman–Crippen LogP) is 4.09. The lowest BCUT2D eigenvalue weighted by atomic mass is 9.91. The molecular formula is C12H12BrClO3S. The molecule has 3 atom stereocenters. The third kappa shape index (κ3) is 2.63. The fraction of sp³-hybridized carbons (Fsp3) is 0.500. The van der Waals surface area contributed by atoms with Gasteiger partial charge in [0.25, 0.3) is 0 Å². The Morgan fingerprint density at radius 3 is 2.56 bits per heavy atom. The van der Waals surface area contributed by atoms with Crippen LogP contribution in [0.3, 0.4) is 0 Å². The van der Waals surface area contributed by atoms with Gasteiger partial charge in [0.1, 0.15) is 0 Å². The van der Waals surface area contributed by atoms with Gasteiger partial charge in [0.2, 0.25) is 0 Å². The summed E-state index contributed by atoms with van der Waals surface area (Å²) in [5, 5.41) is 9.67. The summed E-state index contributed by atoms with van der Waals surface area (Å²) in [6.45, 7) is 1.99. The molecule has 0 spiro atoms. The molecule has 0 saturated heterocycles. The lowest BCUT2D eigenvalue weighted by molar-refractivity contribution is -0.142. The van der Waals surface area contributed by atoms with Crippen molar-refractivity contribution in [1.29, 1.82) is 0 Å². The second-order valence-electron chi connectivity index (χ2n) is 4.72. The number of Topliss-reactive ketones (excluding diaryl/α,β-unsaturated/α-hetero) is 1. The van der Waals surface area contributed by atoms with Gasteiger partial charge < -0.3 is 5.11 Å². The molecule has 0 radical (unpaired) electrons. The first-order chi connectivity index (χ1) is 8.40. The minimum absolute atomic E-state index is 0.0932. The minimum atomic E-state index is -0.876. The largest absolute Gasteiger partial charge is 0.481 e. The molecule has 1 fully saturated rings. The lowest BCUT2D eigenvalue weighted by Gasteiger charge is -2.12. The van der Waals surface area contributed by atoms with Crippen molar-refractivity contribution in [2.24, 2.45) is 17.8 Å². The van der Waals surface area contributed by atoms with E-state index in [2.05, 4.69) is 15.9 Å². The molecule has 1 heterocycles. The van der Waals surface area contributed by atoms with Crippen LogP contribution in [0, 0.1) is 17.8 Å². The topological polar surface area (TPSA) is 54.4 Å². The predicted molar refractivity (Wildman–Crippen MR) is 74.4 cm³/mol. The number of carboxylic acids is 1. The van der Waals surface area contributed by atoms with Crippen molar-refractivity contribution < 1.29 is 14.7 Å². The Morgan fingerprint density at radius 1 is 1.44 bits per heavy atom. The average molecular weight is 352 g/mol. The van der Waals surface area contributed by atoms with Crippen LogP contribution in [0.4, 0.5) is 0 Å². The van der Waals surface area contributed by atoms with E-state index >= 15 is 0 Å². The summed E-state index contributed by atoms with van der Waals surface area (Å²) >= 11 is 10.4. The summed E-state index contributed by atoms with van der Waals surface area (Å²) in [6, 6.07) is 1.61. The highest BCUT2D eigenvalue weighted by Gasteiger charge is 2.41. The van der Waals surface area contributed by atoms with Crippen molar-refractivity contribution in [3.63, 3.8) is 0 Å². The fourth-order valence-corrected chi connectivity index (χ4v) is 4.21. The molecule has 98 valence electrons. The van der Waals surface area contributed by atoms with Crippen LogP contribution in [-0.4, -0.2) is 16.9 Å². The van der Waals surface area contributed by atoms with E-state index in [4.69, 9.17) is 11.6 Å². The van der Waals surface area contributed by atoms with Gasteiger partial charge in [0, 0.05) is 5.92 Å². The van der Waals surface area contributed by atoms with E-state index in [9.17, 15) is 14.7 Å². The van der Waals surface area contributed by atoms with Crippen LogP contribution in [0.25, 0.3) is 0 Å².